The molecule has 6 nitrogen and oxygen atoms in total. The van der Waals surface area contributed by atoms with Crippen LogP contribution in [0.2, 0.25) is 0 Å². The molecule has 0 aliphatic rings. The molecule has 0 radical (unpaired) electrons. The van der Waals surface area contributed by atoms with Crippen LogP contribution < -0.4 is 5.73 Å². The van der Waals surface area contributed by atoms with Gasteiger partial charge in [-0.15, -0.1) is 0 Å². The summed E-state index contributed by atoms with van der Waals surface area (Å²) in [6.07, 6.45) is -5.91. The zero-order valence-corrected chi connectivity index (χ0v) is 6.54. The van der Waals surface area contributed by atoms with Crippen LogP contribution in [0.1, 0.15) is 0 Å². The standard InChI is InChI=1S/C6H15NO5/c7-1-3(9)5(11)6(12)4(10)2-8/h3-6,8-12H,1-2,7H2/t3-,4+,5+,6+/m0/s1/i1+2. The fourth-order valence-corrected chi connectivity index (χ4v) is 0.703. The van der Waals surface area contributed by atoms with Crippen LogP contribution in [0.15, 0.2) is 0 Å². The van der Waals surface area contributed by atoms with Crippen molar-refractivity contribution in [3.63, 3.8) is 0 Å². The predicted molar refractivity (Wildman–Crippen MR) is 40.2 cm³/mol. The summed E-state index contributed by atoms with van der Waals surface area (Å²) in [6.45, 7) is -0.911. The van der Waals surface area contributed by atoms with Crippen LogP contribution in [0.3, 0.4) is 0 Å². The van der Waals surface area contributed by atoms with E-state index in [0.717, 1.165) is 0 Å². The Morgan fingerprint density at radius 1 is 1.08 bits per heavy atom. The van der Waals surface area contributed by atoms with Crippen LogP contribution in [0, 0.1) is 0 Å². The minimum absolute atomic E-state index is 0.226. The Hall–Kier alpha value is -0.240. The first-order valence-corrected chi connectivity index (χ1v) is 3.57. The molecule has 0 aromatic rings. The van der Waals surface area contributed by atoms with Gasteiger partial charge in [0, 0.05) is 6.54 Å². The van der Waals surface area contributed by atoms with Crippen molar-refractivity contribution in [3.05, 3.63) is 0 Å². The largest absolute Gasteiger partial charge is 0.394 e. The van der Waals surface area contributed by atoms with Crippen LogP contribution >= 0.6 is 0 Å². The molecule has 0 saturated carbocycles. The van der Waals surface area contributed by atoms with Gasteiger partial charge in [0.25, 0.3) is 0 Å². The molecular weight excluding hydrogens is 168 g/mol. The van der Waals surface area contributed by atoms with E-state index in [0.29, 0.717) is 0 Å². The van der Waals surface area contributed by atoms with E-state index >= 15 is 0 Å². The van der Waals surface area contributed by atoms with Gasteiger partial charge in [0.2, 0.25) is 0 Å². The number of aliphatic hydroxyl groups excluding tert-OH is 5. The lowest BCUT2D eigenvalue weighted by Crippen LogP contribution is -2.48. The summed E-state index contributed by atoms with van der Waals surface area (Å²) in [5, 5.41) is 44.2. The molecule has 0 saturated heterocycles. The summed E-state index contributed by atoms with van der Waals surface area (Å²) in [5.74, 6) is 0. The maximum Gasteiger partial charge on any atom is 0.111 e. The van der Waals surface area contributed by atoms with Crippen molar-refractivity contribution in [1.82, 2.24) is 0 Å². The van der Waals surface area contributed by atoms with Crippen LogP contribution in [0.4, 0.5) is 0 Å². The number of hydrogen-bond acceptors (Lipinski definition) is 6. The van der Waals surface area contributed by atoms with E-state index in [2.05, 4.69) is 0 Å². The summed E-state index contributed by atoms with van der Waals surface area (Å²) >= 11 is 0. The smallest absolute Gasteiger partial charge is 0.111 e. The third-order valence-electron chi connectivity index (χ3n) is 1.57. The van der Waals surface area contributed by atoms with Crippen molar-refractivity contribution in [2.24, 2.45) is 5.73 Å². The van der Waals surface area contributed by atoms with Gasteiger partial charge in [0.15, 0.2) is 0 Å². The van der Waals surface area contributed by atoms with E-state index in [1.807, 2.05) is 0 Å². The Kier molecular flexibility index (Phi) is 5.31. The Labute approximate surface area is 69.9 Å². The number of aliphatic hydroxyl groups is 5. The van der Waals surface area contributed by atoms with Gasteiger partial charge in [-0.3, -0.25) is 0 Å². The van der Waals surface area contributed by atoms with Crippen molar-refractivity contribution in [2.45, 2.75) is 24.4 Å². The lowest BCUT2D eigenvalue weighted by Gasteiger charge is -2.24. The first-order chi connectivity index (χ1) is 5.54. The SMILES string of the molecule is N[14CH2][C@H](O)[C@@H](O)[C@H](O)[C@H](O)CO. The fraction of sp³-hybridized carbons (Fsp3) is 1.00. The van der Waals surface area contributed by atoms with Gasteiger partial charge in [-0.25, -0.2) is 0 Å². The third-order valence-corrected chi connectivity index (χ3v) is 1.57. The molecule has 0 aliphatic heterocycles. The van der Waals surface area contributed by atoms with E-state index in [1.165, 1.54) is 0 Å². The second-order valence-corrected chi connectivity index (χ2v) is 2.53. The predicted octanol–water partition coefficient (Wildman–Crippen LogP) is -3.62. The normalized spacial score (nSPS) is 21.5. The van der Waals surface area contributed by atoms with Crippen LogP contribution in [0.25, 0.3) is 0 Å². The molecule has 6 heteroatoms. The highest BCUT2D eigenvalue weighted by Gasteiger charge is 2.28. The first-order valence-electron chi connectivity index (χ1n) is 3.57. The lowest BCUT2D eigenvalue weighted by atomic mass is 10.1. The molecule has 0 amide bonds. The average molecular weight is 183 g/mol. The van der Waals surface area contributed by atoms with Gasteiger partial charge in [-0.2, -0.15) is 0 Å². The van der Waals surface area contributed by atoms with Gasteiger partial charge in [0.1, 0.15) is 18.3 Å². The van der Waals surface area contributed by atoms with Crippen molar-refractivity contribution >= 4 is 0 Å². The van der Waals surface area contributed by atoms with Crippen LogP contribution in [-0.4, -0.2) is 63.1 Å². The molecule has 12 heavy (non-hydrogen) atoms. The summed E-state index contributed by atoms with van der Waals surface area (Å²) in [6, 6.07) is 0. The van der Waals surface area contributed by atoms with Crippen molar-refractivity contribution in [3.8, 4) is 0 Å². The molecule has 0 bridgehead atoms. The molecule has 0 aromatic heterocycles. The molecule has 0 aromatic carbocycles. The topological polar surface area (TPSA) is 127 Å². The molecule has 0 aliphatic carbocycles. The van der Waals surface area contributed by atoms with Gasteiger partial charge in [-0.1, -0.05) is 0 Å². The second-order valence-electron chi connectivity index (χ2n) is 2.53. The quantitative estimate of drug-likeness (QED) is 0.261. The van der Waals surface area contributed by atoms with Gasteiger partial charge in [0.05, 0.1) is 12.7 Å². The molecule has 0 unspecified atom stereocenters. The molecule has 0 fully saturated rings. The van der Waals surface area contributed by atoms with E-state index in [1.54, 1.807) is 0 Å². The fourth-order valence-electron chi connectivity index (χ4n) is 0.703. The summed E-state index contributed by atoms with van der Waals surface area (Å²) in [4.78, 5) is 0. The van der Waals surface area contributed by atoms with E-state index in [-0.39, 0.29) is 6.54 Å². The average Bonchev–Trinajstić information content (AvgIpc) is 2.12. The molecule has 4 atom stereocenters. The monoisotopic (exact) mass is 183 g/mol. The summed E-state index contributed by atoms with van der Waals surface area (Å²) < 4.78 is 0. The Balaban J connectivity index is 3.99. The third kappa shape index (κ3) is 3.02. The molecule has 0 heterocycles. The molecule has 0 spiro atoms. The molecule has 7 N–H and O–H groups in total. The highest BCUT2D eigenvalue weighted by molar-refractivity contribution is 4.80. The molecular formula is C6H15NO5. The Morgan fingerprint density at radius 3 is 1.92 bits per heavy atom. The van der Waals surface area contributed by atoms with Gasteiger partial charge in [-0.05, 0) is 0 Å². The van der Waals surface area contributed by atoms with Crippen LogP contribution in [-0.2, 0) is 0 Å². The number of hydrogen-bond donors (Lipinski definition) is 6. The van der Waals surface area contributed by atoms with Crippen molar-refractivity contribution < 1.29 is 25.5 Å². The molecule has 0 rings (SSSR count). The highest BCUT2D eigenvalue weighted by Crippen LogP contribution is 2.03. The number of rotatable bonds is 5. The summed E-state index contributed by atoms with van der Waals surface area (Å²) in [5.41, 5.74) is 4.99. The zero-order chi connectivity index (χ0) is 9.72. The minimum atomic E-state index is -1.59. The minimum Gasteiger partial charge on any atom is -0.394 e. The Morgan fingerprint density at radius 2 is 1.58 bits per heavy atom. The van der Waals surface area contributed by atoms with E-state index in [4.69, 9.17) is 31.3 Å². The highest BCUT2D eigenvalue weighted by atomic mass is 16.4. The maximum absolute atomic E-state index is 9.04. The maximum atomic E-state index is 9.04. The summed E-state index contributed by atoms with van der Waals surface area (Å²) in [7, 11) is 0. The first kappa shape index (κ1) is 11.8. The van der Waals surface area contributed by atoms with Gasteiger partial charge >= 0.3 is 0 Å². The van der Waals surface area contributed by atoms with E-state index in [9.17, 15) is 0 Å². The Bertz CT molecular complexity index is 109. The number of nitrogens with two attached hydrogens (primary N) is 1. The molecule has 74 valence electrons. The second kappa shape index (κ2) is 5.41. The zero-order valence-electron chi connectivity index (χ0n) is 6.54. The van der Waals surface area contributed by atoms with Crippen LogP contribution in [0.5, 0.6) is 0 Å². The van der Waals surface area contributed by atoms with Gasteiger partial charge < -0.3 is 31.3 Å². The van der Waals surface area contributed by atoms with E-state index < -0.39 is 31.0 Å². The lowest BCUT2D eigenvalue weighted by molar-refractivity contribution is -0.112. The van der Waals surface area contributed by atoms with Crippen molar-refractivity contribution in [1.29, 1.82) is 0 Å². The van der Waals surface area contributed by atoms with Crippen molar-refractivity contribution in [2.75, 3.05) is 13.2 Å².